The number of hydrogen-bond acceptors (Lipinski definition) is 6. The smallest absolute Gasteiger partial charge is 0.0606 e. The Labute approximate surface area is 125 Å². The van der Waals surface area contributed by atoms with Gasteiger partial charge in [-0.2, -0.15) is 0 Å². The molecule has 0 saturated carbocycles. The van der Waals surface area contributed by atoms with Crippen molar-refractivity contribution in [2.45, 2.75) is 6.92 Å². The van der Waals surface area contributed by atoms with Crippen LogP contribution in [0.5, 0.6) is 0 Å². The molecule has 0 unspecified atom stereocenters. The third-order valence-electron chi connectivity index (χ3n) is 3.38. The summed E-state index contributed by atoms with van der Waals surface area (Å²) in [4.78, 5) is 3.83. The van der Waals surface area contributed by atoms with E-state index in [0.29, 0.717) is 26.2 Å². The summed E-state index contributed by atoms with van der Waals surface area (Å²) in [6.07, 6.45) is 0. The number of rotatable bonds is 10. The summed E-state index contributed by atoms with van der Waals surface area (Å²) in [5, 5.41) is 36.6. The number of aliphatic hydroxyl groups is 4. The molecule has 0 amide bonds. The van der Waals surface area contributed by atoms with E-state index in [1.54, 1.807) is 0 Å². The summed E-state index contributed by atoms with van der Waals surface area (Å²) in [6, 6.07) is 5.88. The molecule has 1 rings (SSSR count). The maximum atomic E-state index is 9.16. The van der Waals surface area contributed by atoms with E-state index in [1.807, 2.05) is 34.9 Å². The number of hydrogen-bond donors (Lipinski definition) is 4. The van der Waals surface area contributed by atoms with E-state index in [0.717, 1.165) is 16.9 Å². The highest BCUT2D eigenvalue weighted by molar-refractivity contribution is 5.63. The highest BCUT2D eigenvalue weighted by atomic mass is 16.3. The number of aryl methyl sites for hydroxylation is 1. The Morgan fingerprint density at radius 2 is 1.24 bits per heavy atom. The van der Waals surface area contributed by atoms with Crippen LogP contribution in [-0.4, -0.2) is 73.0 Å². The SMILES string of the molecule is Cc1ccc(N(CCO)CCO)cc1N(CCO)CCO. The van der Waals surface area contributed by atoms with Crippen molar-refractivity contribution in [3.05, 3.63) is 23.8 Å². The highest BCUT2D eigenvalue weighted by Gasteiger charge is 2.12. The second-order valence-electron chi connectivity index (χ2n) is 4.84. The van der Waals surface area contributed by atoms with Crippen LogP contribution >= 0.6 is 0 Å². The van der Waals surface area contributed by atoms with Crippen molar-refractivity contribution in [2.75, 3.05) is 62.4 Å². The zero-order valence-corrected chi connectivity index (χ0v) is 12.6. The zero-order chi connectivity index (χ0) is 15.7. The molecule has 4 N–H and O–H groups in total. The molecule has 0 spiro atoms. The number of anilines is 2. The molecular formula is C15H26N2O4. The lowest BCUT2D eigenvalue weighted by atomic mass is 10.1. The van der Waals surface area contributed by atoms with Crippen molar-refractivity contribution >= 4 is 11.4 Å². The molecule has 21 heavy (non-hydrogen) atoms. The van der Waals surface area contributed by atoms with Gasteiger partial charge in [-0.25, -0.2) is 0 Å². The summed E-state index contributed by atoms with van der Waals surface area (Å²) in [5.74, 6) is 0. The molecule has 6 heteroatoms. The predicted molar refractivity (Wildman–Crippen MR) is 83.9 cm³/mol. The van der Waals surface area contributed by atoms with E-state index < -0.39 is 0 Å². The topological polar surface area (TPSA) is 87.4 Å². The van der Waals surface area contributed by atoms with E-state index in [-0.39, 0.29) is 26.4 Å². The van der Waals surface area contributed by atoms with Crippen LogP contribution in [0.1, 0.15) is 5.56 Å². The third-order valence-corrected chi connectivity index (χ3v) is 3.38. The van der Waals surface area contributed by atoms with Crippen LogP contribution in [0.15, 0.2) is 18.2 Å². The summed E-state index contributed by atoms with van der Waals surface area (Å²) in [6.45, 7) is 3.83. The van der Waals surface area contributed by atoms with Crippen molar-refractivity contribution in [3.63, 3.8) is 0 Å². The molecule has 1 aromatic carbocycles. The molecule has 0 fully saturated rings. The van der Waals surface area contributed by atoms with Gasteiger partial charge in [0.15, 0.2) is 0 Å². The van der Waals surface area contributed by atoms with Crippen molar-refractivity contribution in [1.82, 2.24) is 0 Å². The Balaban J connectivity index is 3.05. The van der Waals surface area contributed by atoms with Gasteiger partial charge in [0.1, 0.15) is 0 Å². The highest BCUT2D eigenvalue weighted by Crippen LogP contribution is 2.26. The summed E-state index contributed by atoms with van der Waals surface area (Å²) >= 11 is 0. The minimum atomic E-state index is 0.0141. The first kappa shape index (κ1) is 17.7. The molecule has 6 nitrogen and oxygen atoms in total. The number of aliphatic hydroxyl groups excluding tert-OH is 4. The molecular weight excluding hydrogens is 272 g/mol. The van der Waals surface area contributed by atoms with Gasteiger partial charge in [0.25, 0.3) is 0 Å². The fourth-order valence-electron chi connectivity index (χ4n) is 2.34. The van der Waals surface area contributed by atoms with Crippen LogP contribution in [0.3, 0.4) is 0 Å². The van der Waals surface area contributed by atoms with Crippen molar-refractivity contribution in [1.29, 1.82) is 0 Å². The first-order valence-electron chi connectivity index (χ1n) is 7.22. The van der Waals surface area contributed by atoms with E-state index in [2.05, 4.69) is 0 Å². The molecule has 0 heterocycles. The molecule has 0 aliphatic rings. The van der Waals surface area contributed by atoms with Crippen LogP contribution < -0.4 is 9.80 Å². The van der Waals surface area contributed by atoms with E-state index in [1.165, 1.54) is 0 Å². The van der Waals surface area contributed by atoms with Gasteiger partial charge in [0.05, 0.1) is 26.4 Å². The normalized spacial score (nSPS) is 10.7. The third kappa shape index (κ3) is 5.17. The van der Waals surface area contributed by atoms with Crippen LogP contribution in [0.4, 0.5) is 11.4 Å². The van der Waals surface area contributed by atoms with Gasteiger partial charge in [0.2, 0.25) is 0 Å². The van der Waals surface area contributed by atoms with Gasteiger partial charge in [-0.1, -0.05) is 6.07 Å². The zero-order valence-electron chi connectivity index (χ0n) is 12.6. The van der Waals surface area contributed by atoms with Crippen molar-refractivity contribution in [2.24, 2.45) is 0 Å². The molecule has 0 saturated heterocycles. The molecule has 0 bridgehead atoms. The quantitative estimate of drug-likeness (QED) is 0.469. The maximum Gasteiger partial charge on any atom is 0.0606 e. The standard InChI is InChI=1S/C15H26N2O4/c1-13-2-3-14(16(4-8-18)5-9-19)12-15(13)17(6-10-20)7-11-21/h2-3,12,18-21H,4-11H2,1H3. The van der Waals surface area contributed by atoms with Crippen LogP contribution in [-0.2, 0) is 0 Å². The van der Waals surface area contributed by atoms with Gasteiger partial charge >= 0.3 is 0 Å². The average molecular weight is 298 g/mol. The Bertz CT molecular complexity index is 403. The molecule has 1 aromatic rings. The van der Waals surface area contributed by atoms with E-state index >= 15 is 0 Å². The second-order valence-corrected chi connectivity index (χ2v) is 4.84. The lowest BCUT2D eigenvalue weighted by Crippen LogP contribution is -2.32. The number of benzene rings is 1. The first-order chi connectivity index (χ1) is 10.2. The van der Waals surface area contributed by atoms with Gasteiger partial charge in [-0.3, -0.25) is 0 Å². The Hall–Kier alpha value is -1.34. The fourth-order valence-corrected chi connectivity index (χ4v) is 2.34. The minimum Gasteiger partial charge on any atom is -0.395 e. The molecule has 0 radical (unpaired) electrons. The van der Waals surface area contributed by atoms with Crippen LogP contribution in [0.25, 0.3) is 0 Å². The maximum absolute atomic E-state index is 9.16. The van der Waals surface area contributed by atoms with Gasteiger partial charge in [-0.05, 0) is 24.6 Å². The van der Waals surface area contributed by atoms with E-state index in [9.17, 15) is 0 Å². The largest absolute Gasteiger partial charge is 0.395 e. The van der Waals surface area contributed by atoms with Crippen LogP contribution in [0, 0.1) is 6.92 Å². The minimum absolute atomic E-state index is 0.0141. The second kappa shape index (κ2) is 9.57. The molecule has 0 aliphatic carbocycles. The molecule has 0 aliphatic heterocycles. The van der Waals surface area contributed by atoms with Crippen molar-refractivity contribution < 1.29 is 20.4 Å². The average Bonchev–Trinajstić information content (AvgIpc) is 2.47. The first-order valence-corrected chi connectivity index (χ1v) is 7.22. The molecule has 0 aromatic heterocycles. The summed E-state index contributed by atoms with van der Waals surface area (Å²) < 4.78 is 0. The van der Waals surface area contributed by atoms with E-state index in [4.69, 9.17) is 20.4 Å². The van der Waals surface area contributed by atoms with Gasteiger partial charge in [-0.15, -0.1) is 0 Å². The molecule has 0 atom stereocenters. The number of nitrogens with zero attached hydrogens (tertiary/aromatic N) is 2. The lowest BCUT2D eigenvalue weighted by Gasteiger charge is -2.28. The summed E-state index contributed by atoms with van der Waals surface area (Å²) in [7, 11) is 0. The lowest BCUT2D eigenvalue weighted by molar-refractivity contribution is 0.281. The van der Waals surface area contributed by atoms with Gasteiger partial charge < -0.3 is 30.2 Å². The van der Waals surface area contributed by atoms with Crippen LogP contribution in [0.2, 0.25) is 0 Å². The Morgan fingerprint density at radius 1 is 0.762 bits per heavy atom. The molecule has 120 valence electrons. The van der Waals surface area contributed by atoms with Crippen molar-refractivity contribution in [3.8, 4) is 0 Å². The predicted octanol–water partition coefficient (Wildman–Crippen LogP) is -0.423. The Kier molecular flexibility index (Phi) is 8.07. The van der Waals surface area contributed by atoms with Gasteiger partial charge in [0, 0.05) is 37.6 Å². The summed E-state index contributed by atoms with van der Waals surface area (Å²) in [5.41, 5.74) is 2.89. The fraction of sp³-hybridized carbons (Fsp3) is 0.600. The monoisotopic (exact) mass is 298 g/mol. The Morgan fingerprint density at radius 3 is 1.71 bits per heavy atom.